The van der Waals surface area contributed by atoms with Crippen molar-refractivity contribution >= 4 is 23.9 Å². The van der Waals surface area contributed by atoms with Gasteiger partial charge in [0.1, 0.15) is 12.5 Å². The van der Waals surface area contributed by atoms with Crippen LogP contribution >= 0.6 is 0 Å². The highest BCUT2D eigenvalue weighted by Gasteiger charge is 2.53. The lowest BCUT2D eigenvalue weighted by Crippen LogP contribution is -2.45. The average Bonchev–Trinajstić information content (AvgIpc) is 2.74. The van der Waals surface area contributed by atoms with Crippen molar-refractivity contribution in [3.05, 3.63) is 59.7 Å². The van der Waals surface area contributed by atoms with E-state index < -0.39 is 0 Å². The molecule has 0 aliphatic carbocycles. The number of aryl methyl sites for hydroxylation is 1. The van der Waals surface area contributed by atoms with Crippen LogP contribution in [-0.2, 0) is 5.41 Å². The molecule has 0 spiro atoms. The summed E-state index contributed by atoms with van der Waals surface area (Å²) < 4.78 is 4.25. The summed E-state index contributed by atoms with van der Waals surface area (Å²) in [6, 6.07) is 17.1. The zero-order chi connectivity index (χ0) is 16.8. The number of hydrogen-bond donors (Lipinski definition) is 0. The van der Waals surface area contributed by atoms with Crippen molar-refractivity contribution < 1.29 is 9.26 Å². The Labute approximate surface area is 138 Å². The van der Waals surface area contributed by atoms with E-state index >= 15 is 0 Å². The molecule has 1 aliphatic rings. The Balaban J connectivity index is 2.03. The van der Waals surface area contributed by atoms with E-state index in [2.05, 4.69) is 99.7 Å². The fourth-order valence-corrected chi connectivity index (χ4v) is 3.49. The molecular formula is C20H25N3+2. The third-order valence-corrected chi connectivity index (χ3v) is 4.83. The smallest absolute Gasteiger partial charge is 0.147 e. The van der Waals surface area contributed by atoms with Gasteiger partial charge in [0.25, 0.3) is 0 Å². The van der Waals surface area contributed by atoms with Gasteiger partial charge in [0, 0.05) is 11.6 Å². The highest BCUT2D eigenvalue weighted by Crippen LogP contribution is 2.39. The van der Waals surface area contributed by atoms with E-state index in [9.17, 15) is 0 Å². The van der Waals surface area contributed by atoms with Crippen molar-refractivity contribution in [2.24, 2.45) is 0 Å². The van der Waals surface area contributed by atoms with Crippen LogP contribution < -0.4 is 5.01 Å². The molecule has 118 valence electrons. The molecule has 0 amide bonds. The molecule has 1 heterocycles. The molecule has 2 aromatic carbocycles. The molecule has 0 bridgehead atoms. The summed E-state index contributed by atoms with van der Waals surface area (Å²) in [5.74, 6) is 1.17. The van der Waals surface area contributed by atoms with Gasteiger partial charge >= 0.3 is 5.84 Å². The van der Waals surface area contributed by atoms with Crippen molar-refractivity contribution in [3.8, 4) is 0 Å². The first-order chi connectivity index (χ1) is 10.8. The number of anilines is 1. The minimum Gasteiger partial charge on any atom is -0.147 e. The Morgan fingerprint density at radius 2 is 1.65 bits per heavy atom. The summed E-state index contributed by atoms with van der Waals surface area (Å²) >= 11 is 0. The normalized spacial score (nSPS) is 15.5. The predicted molar refractivity (Wildman–Crippen MR) is 97.3 cm³/mol. The fraction of sp³-hybridized carbons (Fsp3) is 0.300. The summed E-state index contributed by atoms with van der Waals surface area (Å²) in [5, 5.41) is 2.10. The molecule has 3 rings (SSSR count). The maximum absolute atomic E-state index is 4.33. The average molecular weight is 307 g/mol. The molecule has 2 aromatic rings. The van der Waals surface area contributed by atoms with Gasteiger partial charge in [-0.2, -0.15) is 0 Å². The SMILES string of the molecule is C=[N+](C1=[N+](C)c2ccccc2C1(C)C)N(C)c1ccc(C)cc1. The van der Waals surface area contributed by atoms with E-state index in [4.69, 9.17) is 0 Å². The van der Waals surface area contributed by atoms with Gasteiger partial charge in [-0.25, -0.2) is 0 Å². The zero-order valence-electron chi connectivity index (χ0n) is 14.7. The van der Waals surface area contributed by atoms with Crippen molar-refractivity contribution in [3.63, 3.8) is 0 Å². The number of hydrogen-bond acceptors (Lipinski definition) is 1. The Hall–Kier alpha value is -2.42. The lowest BCUT2D eigenvalue weighted by Gasteiger charge is -2.18. The minimum atomic E-state index is -0.0912. The third-order valence-electron chi connectivity index (χ3n) is 4.83. The van der Waals surface area contributed by atoms with E-state index in [1.54, 1.807) is 0 Å². The monoisotopic (exact) mass is 307 g/mol. The fourth-order valence-electron chi connectivity index (χ4n) is 3.49. The lowest BCUT2D eigenvalue weighted by molar-refractivity contribution is -0.515. The highest BCUT2D eigenvalue weighted by molar-refractivity contribution is 5.88. The van der Waals surface area contributed by atoms with Crippen LogP contribution in [0.1, 0.15) is 25.0 Å². The standard InChI is InChI=1S/C20H25N3/c1-15-11-13-16(14-12-15)22(5)23(6)19-20(2,3)17-9-7-8-10-18(17)21(19)4/h7-14H,6H2,1-5H3/q+2. The number of rotatable bonds is 2. The first-order valence-corrected chi connectivity index (χ1v) is 7.95. The van der Waals surface area contributed by atoms with Gasteiger partial charge in [0.05, 0.1) is 12.7 Å². The lowest BCUT2D eigenvalue weighted by atomic mass is 9.85. The maximum atomic E-state index is 4.33. The van der Waals surface area contributed by atoms with E-state index in [1.165, 1.54) is 22.6 Å². The number of benzene rings is 2. The van der Waals surface area contributed by atoms with Crippen LogP contribution in [0.5, 0.6) is 0 Å². The van der Waals surface area contributed by atoms with Crippen LogP contribution in [0.4, 0.5) is 11.4 Å². The van der Waals surface area contributed by atoms with Crippen molar-refractivity contribution in [1.82, 2.24) is 0 Å². The Morgan fingerprint density at radius 1 is 1.04 bits per heavy atom. The second-order valence-corrected chi connectivity index (χ2v) is 6.78. The van der Waals surface area contributed by atoms with Gasteiger partial charge in [-0.3, -0.25) is 0 Å². The number of para-hydroxylation sites is 1. The molecule has 0 radical (unpaired) electrons. The van der Waals surface area contributed by atoms with Crippen molar-refractivity contribution in [2.75, 3.05) is 19.1 Å². The van der Waals surface area contributed by atoms with E-state index in [-0.39, 0.29) is 5.41 Å². The van der Waals surface area contributed by atoms with Crippen LogP contribution in [0.3, 0.4) is 0 Å². The summed E-state index contributed by atoms with van der Waals surface area (Å²) in [5.41, 5.74) is 4.88. The highest BCUT2D eigenvalue weighted by atomic mass is 15.6. The quantitative estimate of drug-likeness (QED) is 0.467. The van der Waals surface area contributed by atoms with E-state index in [0.717, 1.165) is 5.69 Å². The molecular weight excluding hydrogens is 282 g/mol. The number of nitrogens with zero attached hydrogens (tertiary/aromatic N) is 3. The number of amidine groups is 1. The van der Waals surface area contributed by atoms with Crippen molar-refractivity contribution in [1.29, 1.82) is 0 Å². The van der Waals surface area contributed by atoms with Gasteiger partial charge in [0.2, 0.25) is 5.69 Å². The Kier molecular flexibility index (Phi) is 3.59. The molecule has 1 aliphatic heterocycles. The molecule has 0 atom stereocenters. The number of fused-ring (bicyclic) bond motifs is 1. The van der Waals surface area contributed by atoms with E-state index in [1.807, 2.05) is 4.68 Å². The van der Waals surface area contributed by atoms with Gasteiger partial charge in [0.15, 0.2) is 6.72 Å². The zero-order valence-corrected chi connectivity index (χ0v) is 14.7. The summed E-state index contributed by atoms with van der Waals surface area (Å²) in [4.78, 5) is 0. The molecule has 0 fully saturated rings. The molecule has 0 unspecified atom stereocenters. The van der Waals surface area contributed by atoms with Crippen LogP contribution in [-0.4, -0.2) is 35.9 Å². The third kappa shape index (κ3) is 2.37. The molecule has 0 saturated carbocycles. The second-order valence-electron chi connectivity index (χ2n) is 6.78. The van der Waals surface area contributed by atoms with Gasteiger partial charge in [-0.1, -0.05) is 35.9 Å². The topological polar surface area (TPSA) is 9.26 Å². The molecule has 23 heavy (non-hydrogen) atoms. The van der Waals surface area contributed by atoms with E-state index in [0.29, 0.717) is 0 Å². The summed E-state index contributed by atoms with van der Waals surface area (Å²) in [6.45, 7) is 10.9. The number of hydrazone groups is 1. The predicted octanol–water partition coefficient (Wildman–Crippen LogP) is 3.72. The molecule has 3 nitrogen and oxygen atoms in total. The van der Waals surface area contributed by atoms with Crippen LogP contribution in [0.2, 0.25) is 0 Å². The second kappa shape index (κ2) is 5.34. The Bertz CT molecular complexity index is 798. The molecule has 0 aromatic heterocycles. The maximum Gasteiger partial charge on any atom is 0.456 e. The first kappa shape index (κ1) is 15.5. The minimum absolute atomic E-state index is 0.0912. The van der Waals surface area contributed by atoms with Crippen LogP contribution in [0, 0.1) is 6.92 Å². The van der Waals surface area contributed by atoms with Gasteiger partial charge < -0.3 is 0 Å². The summed E-state index contributed by atoms with van der Waals surface area (Å²) in [7, 11) is 4.17. The number of hydrazine groups is 1. The van der Waals surface area contributed by atoms with Crippen LogP contribution in [0.15, 0.2) is 48.5 Å². The van der Waals surface area contributed by atoms with Gasteiger partial charge in [-0.15, -0.1) is 9.58 Å². The largest absolute Gasteiger partial charge is 0.456 e. The molecule has 0 saturated heterocycles. The molecule has 3 heteroatoms. The first-order valence-electron chi connectivity index (χ1n) is 7.95. The van der Waals surface area contributed by atoms with Crippen molar-refractivity contribution in [2.45, 2.75) is 26.2 Å². The van der Waals surface area contributed by atoms with Gasteiger partial charge in [-0.05, 0) is 37.6 Å². The Morgan fingerprint density at radius 3 is 2.26 bits per heavy atom. The van der Waals surface area contributed by atoms with Crippen LogP contribution in [0.25, 0.3) is 0 Å². The summed E-state index contributed by atoms with van der Waals surface area (Å²) in [6.07, 6.45) is 0. The molecule has 0 N–H and O–H groups in total.